The maximum absolute atomic E-state index is 11.9. The van der Waals surface area contributed by atoms with E-state index in [-0.39, 0.29) is 17.4 Å². The molecule has 0 saturated carbocycles. The number of aryl methyl sites for hydroxylation is 1. The summed E-state index contributed by atoms with van der Waals surface area (Å²) in [5.74, 6) is 1.38. The van der Waals surface area contributed by atoms with Crippen molar-refractivity contribution in [1.29, 1.82) is 0 Å². The number of aromatic nitrogens is 2. The molecule has 20 heavy (non-hydrogen) atoms. The Morgan fingerprint density at radius 1 is 1.50 bits per heavy atom. The van der Waals surface area contributed by atoms with Gasteiger partial charge >= 0.3 is 0 Å². The zero-order valence-corrected chi connectivity index (χ0v) is 12.4. The zero-order valence-electron chi connectivity index (χ0n) is 12.4. The van der Waals surface area contributed by atoms with E-state index in [1.165, 1.54) is 0 Å². The van der Waals surface area contributed by atoms with Gasteiger partial charge < -0.3 is 14.5 Å². The molecule has 6 heteroatoms. The molecule has 0 aliphatic carbocycles. The standard InChI is InChI=1S/C14H23N3O3/c1-14(2,3)13-15-11(20-16-13)5-4-6-12(19)17-8-7-10(18)9-17/h10,18H,4-9H2,1-3H3/t10-/m1/s1. The lowest BCUT2D eigenvalue weighted by molar-refractivity contribution is -0.130. The number of rotatable bonds is 4. The van der Waals surface area contributed by atoms with Crippen molar-refractivity contribution < 1.29 is 14.4 Å². The van der Waals surface area contributed by atoms with Crippen LogP contribution in [0.25, 0.3) is 0 Å². The van der Waals surface area contributed by atoms with E-state index in [1.54, 1.807) is 4.90 Å². The first kappa shape index (κ1) is 15.0. The molecule has 1 aliphatic heterocycles. The van der Waals surface area contributed by atoms with Crippen LogP contribution in [-0.4, -0.2) is 45.2 Å². The van der Waals surface area contributed by atoms with Crippen LogP contribution < -0.4 is 0 Å². The summed E-state index contributed by atoms with van der Waals surface area (Å²) < 4.78 is 5.19. The molecule has 112 valence electrons. The minimum Gasteiger partial charge on any atom is -0.391 e. The van der Waals surface area contributed by atoms with Crippen LogP contribution in [0, 0.1) is 0 Å². The largest absolute Gasteiger partial charge is 0.391 e. The van der Waals surface area contributed by atoms with E-state index in [9.17, 15) is 9.90 Å². The average molecular weight is 281 g/mol. The average Bonchev–Trinajstić information content (AvgIpc) is 2.97. The summed E-state index contributed by atoms with van der Waals surface area (Å²) in [7, 11) is 0. The summed E-state index contributed by atoms with van der Waals surface area (Å²) in [6.07, 6.45) is 2.09. The second-order valence-corrected chi connectivity index (χ2v) is 6.40. The Morgan fingerprint density at radius 3 is 2.80 bits per heavy atom. The highest BCUT2D eigenvalue weighted by Crippen LogP contribution is 2.19. The monoisotopic (exact) mass is 281 g/mol. The van der Waals surface area contributed by atoms with Crippen LogP contribution in [-0.2, 0) is 16.6 Å². The Hall–Kier alpha value is -1.43. The maximum Gasteiger partial charge on any atom is 0.226 e. The lowest BCUT2D eigenvalue weighted by Crippen LogP contribution is -2.29. The molecular weight excluding hydrogens is 258 g/mol. The van der Waals surface area contributed by atoms with Gasteiger partial charge in [0.1, 0.15) is 0 Å². The Labute approximate surface area is 119 Å². The Bertz CT molecular complexity index is 464. The van der Waals surface area contributed by atoms with Gasteiger partial charge in [0.25, 0.3) is 0 Å². The number of carbonyl (C=O) groups excluding carboxylic acids is 1. The van der Waals surface area contributed by atoms with Gasteiger partial charge in [-0.15, -0.1) is 0 Å². The van der Waals surface area contributed by atoms with E-state index >= 15 is 0 Å². The lowest BCUT2D eigenvalue weighted by atomic mass is 9.96. The van der Waals surface area contributed by atoms with Crippen molar-refractivity contribution in [3.05, 3.63) is 11.7 Å². The van der Waals surface area contributed by atoms with Gasteiger partial charge in [0.2, 0.25) is 11.8 Å². The van der Waals surface area contributed by atoms with E-state index in [2.05, 4.69) is 10.1 Å². The van der Waals surface area contributed by atoms with Crippen LogP contribution in [0.4, 0.5) is 0 Å². The number of amides is 1. The number of hydrogen-bond donors (Lipinski definition) is 1. The molecule has 1 N–H and O–H groups in total. The van der Waals surface area contributed by atoms with E-state index < -0.39 is 0 Å². The van der Waals surface area contributed by atoms with Crippen molar-refractivity contribution in [2.45, 2.75) is 58.0 Å². The Morgan fingerprint density at radius 2 is 2.25 bits per heavy atom. The van der Waals surface area contributed by atoms with Crippen LogP contribution in [0.5, 0.6) is 0 Å². The fourth-order valence-electron chi connectivity index (χ4n) is 2.18. The minimum absolute atomic E-state index is 0.0945. The molecule has 2 rings (SSSR count). The Kier molecular flexibility index (Phi) is 4.42. The number of aliphatic hydroxyl groups is 1. The van der Waals surface area contributed by atoms with E-state index in [0.29, 0.717) is 50.5 Å². The molecule has 1 saturated heterocycles. The van der Waals surface area contributed by atoms with Crippen molar-refractivity contribution in [3.63, 3.8) is 0 Å². The van der Waals surface area contributed by atoms with Gasteiger partial charge in [-0.1, -0.05) is 25.9 Å². The third-order valence-corrected chi connectivity index (χ3v) is 3.44. The molecule has 1 aromatic heterocycles. The highest BCUT2D eigenvalue weighted by atomic mass is 16.5. The van der Waals surface area contributed by atoms with Gasteiger partial charge in [0.15, 0.2) is 5.82 Å². The lowest BCUT2D eigenvalue weighted by Gasteiger charge is -2.14. The van der Waals surface area contributed by atoms with E-state index in [1.807, 2.05) is 20.8 Å². The number of likely N-dealkylation sites (tertiary alicyclic amines) is 1. The third kappa shape index (κ3) is 3.79. The Balaban J connectivity index is 1.76. The molecule has 0 spiro atoms. The van der Waals surface area contributed by atoms with Gasteiger partial charge in [-0.25, -0.2) is 0 Å². The smallest absolute Gasteiger partial charge is 0.226 e. The van der Waals surface area contributed by atoms with Crippen LogP contribution in [0.2, 0.25) is 0 Å². The molecule has 0 unspecified atom stereocenters. The highest BCUT2D eigenvalue weighted by molar-refractivity contribution is 5.76. The van der Waals surface area contributed by atoms with Gasteiger partial charge in [0, 0.05) is 31.3 Å². The molecule has 6 nitrogen and oxygen atoms in total. The predicted octanol–water partition coefficient (Wildman–Crippen LogP) is 1.28. The SMILES string of the molecule is CC(C)(C)c1noc(CCCC(=O)N2CC[C@@H](O)C2)n1. The molecule has 0 radical (unpaired) electrons. The topological polar surface area (TPSA) is 79.5 Å². The molecule has 0 aromatic carbocycles. The maximum atomic E-state index is 11.9. The van der Waals surface area contributed by atoms with Crippen molar-refractivity contribution in [1.82, 2.24) is 15.0 Å². The fraction of sp³-hybridized carbons (Fsp3) is 0.786. The summed E-state index contributed by atoms with van der Waals surface area (Å²) in [6, 6.07) is 0. The first-order chi connectivity index (χ1) is 9.36. The highest BCUT2D eigenvalue weighted by Gasteiger charge is 2.24. The van der Waals surface area contributed by atoms with Gasteiger partial charge in [-0.2, -0.15) is 4.98 Å². The zero-order chi connectivity index (χ0) is 14.8. The normalized spacial score (nSPS) is 19.6. The summed E-state index contributed by atoms with van der Waals surface area (Å²) >= 11 is 0. The van der Waals surface area contributed by atoms with Gasteiger partial charge in [-0.3, -0.25) is 4.79 Å². The molecule has 1 amide bonds. The molecule has 1 aromatic rings. The van der Waals surface area contributed by atoms with E-state index in [0.717, 1.165) is 0 Å². The van der Waals surface area contributed by atoms with Gasteiger partial charge in [-0.05, 0) is 12.8 Å². The quantitative estimate of drug-likeness (QED) is 0.899. The summed E-state index contributed by atoms with van der Waals surface area (Å²) in [4.78, 5) is 18.0. The minimum atomic E-state index is -0.357. The van der Waals surface area contributed by atoms with Gasteiger partial charge in [0.05, 0.1) is 6.10 Å². The summed E-state index contributed by atoms with van der Waals surface area (Å²) in [5.41, 5.74) is -0.122. The number of nitrogens with zero attached hydrogens (tertiary/aromatic N) is 3. The molecule has 0 bridgehead atoms. The van der Waals surface area contributed by atoms with Crippen LogP contribution in [0.1, 0.15) is 51.7 Å². The van der Waals surface area contributed by atoms with Crippen LogP contribution in [0.3, 0.4) is 0 Å². The summed E-state index contributed by atoms with van der Waals surface area (Å²) in [6.45, 7) is 7.22. The fourth-order valence-corrected chi connectivity index (χ4v) is 2.18. The summed E-state index contributed by atoms with van der Waals surface area (Å²) in [5, 5.41) is 13.4. The predicted molar refractivity (Wildman–Crippen MR) is 73.1 cm³/mol. The van der Waals surface area contributed by atoms with Crippen LogP contribution >= 0.6 is 0 Å². The molecule has 1 aliphatic rings. The second-order valence-electron chi connectivity index (χ2n) is 6.40. The second kappa shape index (κ2) is 5.91. The first-order valence-corrected chi connectivity index (χ1v) is 7.15. The van der Waals surface area contributed by atoms with Crippen molar-refractivity contribution in [3.8, 4) is 0 Å². The number of carbonyl (C=O) groups is 1. The number of aliphatic hydroxyl groups excluding tert-OH is 1. The molecule has 1 atom stereocenters. The number of β-amino-alcohol motifs (C(OH)–C–C–N with tert-alkyl or cyclic N) is 1. The van der Waals surface area contributed by atoms with Crippen molar-refractivity contribution in [2.75, 3.05) is 13.1 Å². The van der Waals surface area contributed by atoms with Crippen molar-refractivity contribution in [2.24, 2.45) is 0 Å². The van der Waals surface area contributed by atoms with Crippen LogP contribution in [0.15, 0.2) is 4.52 Å². The molecular formula is C14H23N3O3. The first-order valence-electron chi connectivity index (χ1n) is 7.15. The molecule has 2 heterocycles. The molecule has 1 fully saturated rings. The number of hydrogen-bond acceptors (Lipinski definition) is 5. The van der Waals surface area contributed by atoms with E-state index in [4.69, 9.17) is 4.52 Å². The third-order valence-electron chi connectivity index (χ3n) is 3.44. The van der Waals surface area contributed by atoms with Crippen molar-refractivity contribution >= 4 is 5.91 Å².